The third-order valence-electron chi connectivity index (χ3n) is 9.14. The number of piperazine rings is 1. The summed E-state index contributed by atoms with van der Waals surface area (Å²) in [5.41, 5.74) is 2.70. The Morgan fingerprint density at radius 2 is 1.78 bits per heavy atom. The van der Waals surface area contributed by atoms with Gasteiger partial charge in [-0.25, -0.2) is 4.79 Å². The van der Waals surface area contributed by atoms with Crippen molar-refractivity contribution in [2.24, 2.45) is 23.2 Å². The number of nitrogens with one attached hydrogen (secondary N) is 1. The quantitative estimate of drug-likeness (QED) is 0.511. The minimum absolute atomic E-state index is 0.000880. The lowest BCUT2D eigenvalue weighted by molar-refractivity contribution is -0.134. The van der Waals surface area contributed by atoms with Gasteiger partial charge in [-0.3, -0.25) is 9.69 Å². The average molecular weight is 503 g/mol. The molecule has 1 saturated carbocycles. The van der Waals surface area contributed by atoms with Crippen LogP contribution in [0.1, 0.15) is 40.5 Å². The number of carbonyl (C=O) groups excluding carboxylic acids is 2. The van der Waals surface area contributed by atoms with Crippen LogP contribution in [0.25, 0.3) is 10.8 Å². The zero-order chi connectivity index (χ0) is 26.2. The van der Waals surface area contributed by atoms with Crippen molar-refractivity contribution in [2.75, 3.05) is 51.1 Å². The van der Waals surface area contributed by atoms with Gasteiger partial charge in [-0.1, -0.05) is 75.7 Å². The molecule has 4 aliphatic rings. The molecule has 1 saturated heterocycles. The van der Waals surface area contributed by atoms with Crippen LogP contribution in [0.15, 0.2) is 54.1 Å². The summed E-state index contributed by atoms with van der Waals surface area (Å²) in [6, 6.07) is 14.1. The molecule has 0 radical (unpaired) electrons. The summed E-state index contributed by atoms with van der Waals surface area (Å²) in [5.74, 6) is 1.68. The topological polar surface area (TPSA) is 55.9 Å². The fraction of sp³-hybridized carbons (Fsp3) is 0.548. The second-order valence-electron chi connectivity index (χ2n) is 12.0. The van der Waals surface area contributed by atoms with Crippen molar-refractivity contribution in [1.82, 2.24) is 14.7 Å². The molecule has 6 nitrogen and oxygen atoms in total. The Labute approximate surface area is 221 Å². The van der Waals surface area contributed by atoms with Gasteiger partial charge in [0.1, 0.15) is 0 Å². The first-order chi connectivity index (χ1) is 17.7. The first-order valence-corrected chi connectivity index (χ1v) is 14.0. The summed E-state index contributed by atoms with van der Waals surface area (Å²) in [7, 11) is 0. The van der Waals surface area contributed by atoms with Crippen molar-refractivity contribution in [3.8, 4) is 0 Å². The Balaban J connectivity index is 1.14. The molecule has 0 aromatic heterocycles. The number of allylic oxidation sites excluding steroid dienone is 1. The lowest BCUT2D eigenvalue weighted by Crippen LogP contribution is -2.53. The second-order valence-corrected chi connectivity index (χ2v) is 12.0. The van der Waals surface area contributed by atoms with E-state index in [1.807, 2.05) is 49.1 Å². The van der Waals surface area contributed by atoms with Crippen LogP contribution in [0.5, 0.6) is 0 Å². The fourth-order valence-electron chi connectivity index (χ4n) is 6.47. The van der Waals surface area contributed by atoms with Crippen molar-refractivity contribution in [2.45, 2.75) is 40.5 Å². The standard InChI is InChI=1S/C31H42N4O2/c1-22(2)29(36)35(21-24-12-13-25-20-27(24)31(25,3)4)19-16-33-14-17-34(18-15-33)30(37)32-28-11-7-9-23-8-5-6-10-26(23)28/h5-12,22,25,27H,13-21H2,1-4H3,(H,32,37). The van der Waals surface area contributed by atoms with Crippen LogP contribution in [0.4, 0.5) is 10.5 Å². The molecule has 2 fully saturated rings. The van der Waals surface area contributed by atoms with Gasteiger partial charge in [0.15, 0.2) is 0 Å². The molecule has 0 spiro atoms. The normalized spacial score (nSPS) is 22.9. The number of carbonyl (C=O) groups is 2. The molecule has 2 bridgehead atoms. The molecule has 1 N–H and O–H groups in total. The fourth-order valence-corrected chi connectivity index (χ4v) is 6.47. The number of hydrogen-bond donors (Lipinski definition) is 1. The van der Waals surface area contributed by atoms with E-state index in [1.54, 1.807) is 0 Å². The molecule has 3 aliphatic carbocycles. The Kier molecular flexibility index (Phi) is 7.30. The molecule has 2 unspecified atom stereocenters. The highest BCUT2D eigenvalue weighted by Gasteiger charge is 2.51. The number of benzene rings is 2. The van der Waals surface area contributed by atoms with Gasteiger partial charge < -0.3 is 15.1 Å². The number of urea groups is 1. The number of anilines is 1. The van der Waals surface area contributed by atoms with E-state index in [4.69, 9.17) is 0 Å². The molecule has 6 heteroatoms. The Morgan fingerprint density at radius 3 is 2.49 bits per heavy atom. The maximum Gasteiger partial charge on any atom is 0.321 e. The van der Waals surface area contributed by atoms with Crippen LogP contribution in [0.2, 0.25) is 0 Å². The molecular weight excluding hydrogens is 460 g/mol. The Hall–Kier alpha value is -2.86. The molecule has 2 aromatic carbocycles. The zero-order valence-corrected chi connectivity index (χ0v) is 22.9. The van der Waals surface area contributed by atoms with Crippen molar-refractivity contribution >= 4 is 28.4 Å². The number of nitrogens with zero attached hydrogens (tertiary/aromatic N) is 3. The molecule has 198 valence electrons. The maximum absolute atomic E-state index is 13.1. The highest BCUT2D eigenvalue weighted by molar-refractivity contribution is 6.01. The minimum atomic E-state index is -0.0433. The molecule has 2 atom stereocenters. The molecular formula is C31H42N4O2. The SMILES string of the molecule is CC(C)C(=O)N(CCN1CCN(C(=O)Nc2cccc3ccccc23)CC1)CC1=CCC2CC1C2(C)C. The maximum atomic E-state index is 13.1. The summed E-state index contributed by atoms with van der Waals surface area (Å²) in [5, 5.41) is 5.29. The van der Waals surface area contributed by atoms with Crippen molar-refractivity contribution in [3.05, 3.63) is 54.1 Å². The van der Waals surface area contributed by atoms with E-state index in [-0.39, 0.29) is 17.9 Å². The lowest BCUT2D eigenvalue weighted by Gasteiger charge is -2.57. The van der Waals surface area contributed by atoms with Gasteiger partial charge in [-0.05, 0) is 41.5 Å². The third-order valence-corrected chi connectivity index (χ3v) is 9.14. The van der Waals surface area contributed by atoms with Gasteiger partial charge in [0, 0.05) is 57.1 Å². The van der Waals surface area contributed by atoms with Crippen LogP contribution in [0, 0.1) is 23.2 Å². The van der Waals surface area contributed by atoms with E-state index in [1.165, 1.54) is 12.0 Å². The van der Waals surface area contributed by atoms with Gasteiger partial charge in [0.25, 0.3) is 0 Å². The molecule has 3 amide bonds. The molecule has 2 aromatic rings. The van der Waals surface area contributed by atoms with Crippen LogP contribution in [-0.2, 0) is 4.79 Å². The van der Waals surface area contributed by atoms with E-state index in [9.17, 15) is 9.59 Å². The van der Waals surface area contributed by atoms with Gasteiger partial charge in [-0.2, -0.15) is 0 Å². The van der Waals surface area contributed by atoms with E-state index in [0.29, 0.717) is 24.4 Å². The van der Waals surface area contributed by atoms with Gasteiger partial charge in [0.2, 0.25) is 5.91 Å². The number of amides is 3. The summed E-state index contributed by atoms with van der Waals surface area (Å²) >= 11 is 0. The Bertz CT molecular complexity index is 1170. The summed E-state index contributed by atoms with van der Waals surface area (Å²) in [6.07, 6.45) is 4.86. The van der Waals surface area contributed by atoms with Crippen molar-refractivity contribution < 1.29 is 9.59 Å². The van der Waals surface area contributed by atoms with E-state index in [2.05, 4.69) is 47.2 Å². The number of hydrogen-bond acceptors (Lipinski definition) is 3. The predicted octanol–water partition coefficient (Wildman–Crippen LogP) is 5.47. The lowest BCUT2D eigenvalue weighted by atomic mass is 9.49. The summed E-state index contributed by atoms with van der Waals surface area (Å²) < 4.78 is 0. The highest BCUT2D eigenvalue weighted by atomic mass is 16.2. The van der Waals surface area contributed by atoms with Gasteiger partial charge in [-0.15, -0.1) is 0 Å². The van der Waals surface area contributed by atoms with E-state index < -0.39 is 0 Å². The van der Waals surface area contributed by atoms with Crippen LogP contribution < -0.4 is 5.32 Å². The summed E-state index contributed by atoms with van der Waals surface area (Å²) in [4.78, 5) is 32.5. The van der Waals surface area contributed by atoms with Gasteiger partial charge in [0.05, 0.1) is 5.69 Å². The number of fused-ring (bicyclic) bond motifs is 2. The van der Waals surface area contributed by atoms with Crippen LogP contribution >= 0.6 is 0 Å². The smallest absolute Gasteiger partial charge is 0.321 e. The van der Waals surface area contributed by atoms with E-state index >= 15 is 0 Å². The third kappa shape index (κ3) is 5.26. The minimum Gasteiger partial charge on any atom is -0.337 e. The van der Waals surface area contributed by atoms with Crippen LogP contribution in [-0.4, -0.2) is 72.5 Å². The highest BCUT2D eigenvalue weighted by Crippen LogP contribution is 2.59. The Morgan fingerprint density at radius 1 is 1.05 bits per heavy atom. The molecule has 1 heterocycles. The summed E-state index contributed by atoms with van der Waals surface area (Å²) in [6.45, 7) is 14.2. The monoisotopic (exact) mass is 502 g/mol. The molecule has 37 heavy (non-hydrogen) atoms. The van der Waals surface area contributed by atoms with Crippen molar-refractivity contribution in [3.63, 3.8) is 0 Å². The largest absolute Gasteiger partial charge is 0.337 e. The van der Waals surface area contributed by atoms with E-state index in [0.717, 1.165) is 61.5 Å². The second kappa shape index (κ2) is 10.5. The molecule has 6 rings (SSSR count). The molecule has 1 aliphatic heterocycles. The van der Waals surface area contributed by atoms with Gasteiger partial charge >= 0.3 is 6.03 Å². The van der Waals surface area contributed by atoms with Crippen LogP contribution in [0.3, 0.4) is 0 Å². The zero-order valence-electron chi connectivity index (χ0n) is 22.9. The average Bonchev–Trinajstić information content (AvgIpc) is 2.91. The number of rotatable bonds is 7. The van der Waals surface area contributed by atoms with Crippen molar-refractivity contribution in [1.29, 1.82) is 0 Å². The predicted molar refractivity (Wildman–Crippen MR) is 150 cm³/mol. The first kappa shape index (κ1) is 25.8. The first-order valence-electron chi connectivity index (χ1n) is 14.0.